The highest BCUT2D eigenvalue weighted by molar-refractivity contribution is 5.32. The molecule has 0 saturated carbocycles. The van der Waals surface area contributed by atoms with Crippen LogP contribution < -0.4 is 11.1 Å². The molecule has 1 amide bonds. The van der Waals surface area contributed by atoms with Crippen molar-refractivity contribution >= 4 is 6.41 Å². The first-order chi connectivity index (χ1) is 4.91. The zero-order valence-corrected chi connectivity index (χ0v) is 6.31. The maximum atomic E-state index is 9.69. The Morgan fingerprint density at radius 2 is 1.90 bits per heavy atom. The van der Waals surface area contributed by atoms with Crippen LogP contribution in [0.15, 0.2) is 0 Å². The quantitative estimate of drug-likeness (QED) is 0.360. The van der Waals surface area contributed by atoms with Crippen molar-refractivity contribution in [2.24, 2.45) is 5.73 Å². The fraction of sp³-hybridized carbons (Fsp3) is 0.857. The van der Waals surface area contributed by atoms with Gasteiger partial charge >= 0.3 is 0 Å². The number of rotatable bonds is 7. The van der Waals surface area contributed by atoms with Crippen LogP contribution in [0, 0.1) is 0 Å². The summed E-state index contributed by atoms with van der Waals surface area (Å²) in [5, 5.41) is 1.54. The van der Waals surface area contributed by atoms with Crippen molar-refractivity contribution in [1.29, 1.82) is 0 Å². The Morgan fingerprint density at radius 3 is 2.50 bits per heavy atom. The van der Waals surface area contributed by atoms with E-state index in [4.69, 9.17) is 5.73 Å². The normalized spacial score (nSPS) is 9.70. The zero-order valence-electron chi connectivity index (χ0n) is 6.31. The molecular formula is C7H16N2O. The molecule has 0 aromatic rings. The molecule has 0 saturated heterocycles. The van der Waals surface area contributed by atoms with E-state index in [0.29, 0.717) is 0 Å². The summed E-state index contributed by atoms with van der Waals surface area (Å²) in [7, 11) is 0. The Labute approximate surface area is 62.0 Å². The van der Waals surface area contributed by atoms with Gasteiger partial charge in [-0.2, -0.15) is 0 Å². The van der Waals surface area contributed by atoms with Crippen LogP contribution in [0.2, 0.25) is 0 Å². The van der Waals surface area contributed by atoms with E-state index < -0.39 is 0 Å². The molecule has 0 aliphatic heterocycles. The van der Waals surface area contributed by atoms with Gasteiger partial charge in [-0.15, -0.1) is 0 Å². The molecule has 0 aromatic heterocycles. The van der Waals surface area contributed by atoms with E-state index in [9.17, 15) is 4.79 Å². The second-order valence-electron chi connectivity index (χ2n) is 2.31. The predicted octanol–water partition coefficient (Wildman–Crippen LogP) is -0.864. The van der Waals surface area contributed by atoms with E-state index in [1.54, 1.807) is 11.7 Å². The van der Waals surface area contributed by atoms with Gasteiger partial charge in [-0.05, 0) is 32.2 Å². The molecule has 3 heteroatoms. The minimum Gasteiger partial charge on any atom is -0.475 e. The van der Waals surface area contributed by atoms with Crippen LogP contribution >= 0.6 is 0 Å². The third-order valence-corrected chi connectivity index (χ3v) is 1.39. The lowest BCUT2D eigenvalue weighted by molar-refractivity contribution is -0.537. The Kier molecular flexibility index (Phi) is 8.24. The lowest BCUT2D eigenvalue weighted by atomic mass is 10.2. The van der Waals surface area contributed by atoms with Gasteiger partial charge in [0.2, 0.25) is 0 Å². The van der Waals surface area contributed by atoms with Crippen molar-refractivity contribution in [3.05, 3.63) is 0 Å². The predicted molar refractivity (Wildman–Crippen MR) is 40.0 cm³/mol. The summed E-state index contributed by atoms with van der Waals surface area (Å²) in [5.74, 6) is 0. The summed E-state index contributed by atoms with van der Waals surface area (Å²) >= 11 is 0. The minimum absolute atomic E-state index is 0.781. The molecule has 0 fully saturated rings. The molecule has 60 valence electrons. The minimum atomic E-state index is 0.781. The second-order valence-corrected chi connectivity index (χ2v) is 2.31. The van der Waals surface area contributed by atoms with Crippen LogP contribution in [0.5, 0.6) is 0 Å². The van der Waals surface area contributed by atoms with Crippen LogP contribution in [0.3, 0.4) is 0 Å². The van der Waals surface area contributed by atoms with Gasteiger partial charge in [-0.1, -0.05) is 6.42 Å². The first kappa shape index (κ1) is 9.59. The summed E-state index contributed by atoms with van der Waals surface area (Å²) in [6.45, 7) is 1.65. The van der Waals surface area contributed by atoms with E-state index in [0.717, 1.165) is 25.9 Å². The number of primary amides is 1. The maximum Gasteiger partial charge on any atom is 0.0556 e. The standard InChI is InChI=1S/C7H16N2O/c8-5-3-1-2-4-6-9-7-10/h1-6,8-9H2. The van der Waals surface area contributed by atoms with Crippen LogP contribution in [0.25, 0.3) is 0 Å². The summed E-state index contributed by atoms with van der Waals surface area (Å²) in [4.78, 5) is 9.69. The molecule has 0 radical (unpaired) electrons. The van der Waals surface area contributed by atoms with E-state index >= 15 is 0 Å². The molecule has 3 nitrogen and oxygen atoms in total. The Balaban J connectivity index is 2.70. The van der Waals surface area contributed by atoms with E-state index in [1.807, 2.05) is 0 Å². The molecule has 10 heavy (non-hydrogen) atoms. The van der Waals surface area contributed by atoms with E-state index in [-0.39, 0.29) is 0 Å². The highest BCUT2D eigenvalue weighted by atomic mass is 16.1. The molecule has 0 spiro atoms. The summed E-state index contributed by atoms with van der Waals surface area (Å²) in [6.07, 6.45) is 6.31. The van der Waals surface area contributed by atoms with Crippen molar-refractivity contribution < 1.29 is 10.1 Å². The first-order valence-electron chi connectivity index (χ1n) is 3.81. The lowest BCUT2D eigenvalue weighted by Gasteiger charge is -1.99. The molecular weight excluding hydrogens is 128 g/mol. The van der Waals surface area contributed by atoms with Crippen LogP contribution in [0.4, 0.5) is 0 Å². The fourth-order valence-electron chi connectivity index (χ4n) is 0.803. The molecule has 0 bridgehead atoms. The third-order valence-electron chi connectivity index (χ3n) is 1.39. The summed E-state index contributed by atoms with van der Waals surface area (Å²) in [6, 6.07) is 0. The van der Waals surface area contributed by atoms with Crippen LogP contribution in [0.1, 0.15) is 25.7 Å². The highest BCUT2D eigenvalue weighted by Crippen LogP contribution is 1.95. The molecule has 0 aromatic carbocycles. The van der Waals surface area contributed by atoms with Crippen molar-refractivity contribution in [1.82, 2.24) is 0 Å². The summed E-state index contributed by atoms with van der Waals surface area (Å²) < 4.78 is 0. The molecule has 0 aliphatic rings. The third kappa shape index (κ3) is 7.59. The SMILES string of the molecule is NCCCCCC[NH2+][C-]=O. The second kappa shape index (κ2) is 8.59. The smallest absolute Gasteiger partial charge is 0.0556 e. The van der Waals surface area contributed by atoms with Crippen molar-refractivity contribution in [2.45, 2.75) is 25.7 Å². The maximum absolute atomic E-state index is 9.69. The molecule has 0 heterocycles. The highest BCUT2D eigenvalue weighted by Gasteiger charge is 1.86. The number of quaternary nitrogens is 1. The topological polar surface area (TPSA) is 59.7 Å². The van der Waals surface area contributed by atoms with Gasteiger partial charge < -0.3 is 15.8 Å². The molecule has 0 atom stereocenters. The molecule has 0 aliphatic carbocycles. The van der Waals surface area contributed by atoms with Gasteiger partial charge in [0.05, 0.1) is 6.54 Å². The van der Waals surface area contributed by atoms with Gasteiger partial charge in [-0.25, -0.2) is 0 Å². The van der Waals surface area contributed by atoms with Gasteiger partial charge in [0, 0.05) is 0 Å². The Morgan fingerprint density at radius 1 is 1.20 bits per heavy atom. The number of nitrogens with two attached hydrogens (primary N) is 2. The Hall–Kier alpha value is -0.410. The summed E-state index contributed by atoms with van der Waals surface area (Å²) in [5.41, 5.74) is 5.30. The van der Waals surface area contributed by atoms with Crippen molar-refractivity contribution in [3.8, 4) is 0 Å². The van der Waals surface area contributed by atoms with Gasteiger partial charge in [0.25, 0.3) is 0 Å². The first-order valence-corrected chi connectivity index (χ1v) is 3.81. The lowest BCUT2D eigenvalue weighted by Crippen LogP contribution is -2.82. The van der Waals surface area contributed by atoms with Crippen LogP contribution in [-0.2, 0) is 4.79 Å². The van der Waals surface area contributed by atoms with Crippen LogP contribution in [-0.4, -0.2) is 19.5 Å². The average molecular weight is 144 g/mol. The number of hydrogen-bond donors (Lipinski definition) is 2. The molecule has 0 rings (SSSR count). The van der Waals surface area contributed by atoms with E-state index in [2.05, 4.69) is 0 Å². The number of carbonyl (C=O) groups excluding carboxylic acids is 1. The largest absolute Gasteiger partial charge is 0.475 e. The van der Waals surface area contributed by atoms with Gasteiger partial charge in [-0.3, -0.25) is 0 Å². The number of hydrogen-bond acceptors (Lipinski definition) is 2. The zero-order chi connectivity index (χ0) is 7.66. The monoisotopic (exact) mass is 144 g/mol. The number of amides is 1. The average Bonchev–Trinajstić information content (AvgIpc) is 1.97. The van der Waals surface area contributed by atoms with E-state index in [1.165, 1.54) is 12.8 Å². The number of unbranched alkanes of at least 4 members (excludes halogenated alkanes) is 3. The van der Waals surface area contributed by atoms with Crippen molar-refractivity contribution in [3.63, 3.8) is 0 Å². The Bertz CT molecular complexity index is 76.0. The van der Waals surface area contributed by atoms with Crippen molar-refractivity contribution in [2.75, 3.05) is 13.1 Å². The fourth-order valence-corrected chi connectivity index (χ4v) is 0.803. The van der Waals surface area contributed by atoms with Gasteiger partial charge in [0.1, 0.15) is 0 Å². The molecule has 4 N–H and O–H groups in total. The molecule has 0 unspecified atom stereocenters. The van der Waals surface area contributed by atoms with Gasteiger partial charge in [0.15, 0.2) is 0 Å².